The molecule has 0 aliphatic rings. The van der Waals surface area contributed by atoms with Crippen LogP contribution in [0.1, 0.15) is 12.5 Å². The fraction of sp³-hybridized carbons (Fsp3) is 0.214. The second-order valence-electron chi connectivity index (χ2n) is 4.10. The number of alkyl halides is 3. The molecule has 2 nitrogen and oxygen atoms in total. The Morgan fingerprint density at radius 2 is 2.00 bits per heavy atom. The van der Waals surface area contributed by atoms with Gasteiger partial charge in [0.15, 0.2) is 0 Å². The molecule has 0 radical (unpaired) electrons. The highest BCUT2D eigenvalue weighted by molar-refractivity contribution is 9.10. The summed E-state index contributed by atoms with van der Waals surface area (Å²) in [7, 11) is 0. The van der Waals surface area contributed by atoms with Gasteiger partial charge in [0.25, 0.3) is 0 Å². The highest BCUT2D eigenvalue weighted by atomic mass is 79.9. The Kier molecular flexibility index (Phi) is 5.16. The van der Waals surface area contributed by atoms with Crippen LogP contribution in [0.3, 0.4) is 0 Å². The van der Waals surface area contributed by atoms with Crippen molar-refractivity contribution in [1.29, 1.82) is 0 Å². The maximum absolute atomic E-state index is 12.4. The molecule has 0 spiro atoms. The van der Waals surface area contributed by atoms with Crippen molar-refractivity contribution in [3.63, 3.8) is 0 Å². The third-order valence-corrected chi connectivity index (χ3v) is 4.02. The number of ether oxygens (including phenoxy) is 1. The maximum Gasteiger partial charge on any atom is 0.573 e. The number of halogens is 4. The molecule has 7 heteroatoms. The van der Waals surface area contributed by atoms with Crippen LogP contribution in [0.25, 0.3) is 0 Å². The lowest BCUT2D eigenvalue weighted by Gasteiger charge is -2.13. The molecular weight excluding hydrogens is 367 g/mol. The molecule has 2 rings (SSSR count). The first-order valence-corrected chi connectivity index (χ1v) is 7.66. The van der Waals surface area contributed by atoms with E-state index < -0.39 is 6.36 Å². The van der Waals surface area contributed by atoms with Crippen molar-refractivity contribution >= 4 is 27.7 Å². The second kappa shape index (κ2) is 6.70. The average molecular weight is 378 g/mol. The lowest BCUT2D eigenvalue weighted by molar-refractivity contribution is -0.275. The summed E-state index contributed by atoms with van der Waals surface area (Å²) in [4.78, 5) is 4.54. The number of benzene rings is 1. The molecule has 21 heavy (non-hydrogen) atoms. The molecule has 1 heterocycles. The lowest BCUT2D eigenvalue weighted by atomic mass is 10.2. The molecular formula is C14H11BrF3NOS. The Hall–Kier alpha value is -1.21. The topological polar surface area (TPSA) is 22.1 Å². The van der Waals surface area contributed by atoms with E-state index in [0.717, 1.165) is 28.2 Å². The number of nitrogens with zero attached hydrogens (tertiary/aromatic N) is 1. The largest absolute Gasteiger partial charge is 0.573 e. The number of rotatable bonds is 4. The number of pyridine rings is 1. The molecule has 0 unspecified atom stereocenters. The summed E-state index contributed by atoms with van der Waals surface area (Å²) in [5.74, 6) is -0.214. The van der Waals surface area contributed by atoms with Crippen LogP contribution < -0.4 is 4.74 Å². The van der Waals surface area contributed by atoms with Gasteiger partial charge in [-0.15, -0.1) is 13.2 Å². The van der Waals surface area contributed by atoms with Crippen molar-refractivity contribution < 1.29 is 17.9 Å². The van der Waals surface area contributed by atoms with Crippen LogP contribution in [0.2, 0.25) is 0 Å². The SMILES string of the molecule is CCc1ccc(OC(F)(F)F)c(Sc2ccc(Br)cn2)c1. The van der Waals surface area contributed by atoms with Gasteiger partial charge in [0.05, 0.1) is 4.90 Å². The van der Waals surface area contributed by atoms with Gasteiger partial charge in [-0.1, -0.05) is 24.8 Å². The number of aryl methyl sites for hydroxylation is 1. The molecule has 112 valence electrons. The molecule has 0 atom stereocenters. The van der Waals surface area contributed by atoms with Gasteiger partial charge in [-0.05, 0) is 52.2 Å². The molecule has 0 saturated carbocycles. The van der Waals surface area contributed by atoms with Crippen LogP contribution in [-0.4, -0.2) is 11.3 Å². The quantitative estimate of drug-likeness (QED) is 0.706. The second-order valence-corrected chi connectivity index (χ2v) is 6.08. The summed E-state index contributed by atoms with van der Waals surface area (Å²) in [6.45, 7) is 1.94. The normalized spacial score (nSPS) is 11.5. The van der Waals surface area contributed by atoms with E-state index in [1.807, 2.05) is 6.92 Å². The predicted molar refractivity (Wildman–Crippen MR) is 78.6 cm³/mol. The van der Waals surface area contributed by atoms with Crippen molar-refractivity contribution in [1.82, 2.24) is 4.98 Å². The summed E-state index contributed by atoms with van der Waals surface area (Å²) in [6, 6.07) is 8.16. The molecule has 0 N–H and O–H groups in total. The van der Waals surface area contributed by atoms with Crippen LogP contribution in [-0.2, 0) is 6.42 Å². The van der Waals surface area contributed by atoms with E-state index in [1.54, 1.807) is 30.5 Å². The fourth-order valence-electron chi connectivity index (χ4n) is 1.60. The van der Waals surface area contributed by atoms with Crippen LogP contribution in [0, 0.1) is 0 Å². The smallest absolute Gasteiger partial charge is 0.405 e. The molecule has 0 saturated heterocycles. The van der Waals surface area contributed by atoms with Crippen LogP contribution in [0.15, 0.2) is 50.9 Å². The summed E-state index contributed by atoms with van der Waals surface area (Å²) < 4.78 is 42.2. The van der Waals surface area contributed by atoms with Crippen molar-refractivity contribution in [3.05, 3.63) is 46.6 Å². The van der Waals surface area contributed by atoms with Crippen molar-refractivity contribution in [2.24, 2.45) is 0 Å². The van der Waals surface area contributed by atoms with E-state index in [2.05, 4.69) is 25.7 Å². The Balaban J connectivity index is 2.32. The van der Waals surface area contributed by atoms with Gasteiger partial charge in [0, 0.05) is 10.7 Å². The van der Waals surface area contributed by atoms with Gasteiger partial charge in [0.1, 0.15) is 10.8 Å². The highest BCUT2D eigenvalue weighted by Crippen LogP contribution is 2.37. The first-order valence-electron chi connectivity index (χ1n) is 6.05. The zero-order chi connectivity index (χ0) is 15.5. The molecule has 1 aromatic carbocycles. The van der Waals surface area contributed by atoms with Crippen molar-refractivity contribution in [2.45, 2.75) is 29.6 Å². The molecule has 0 fully saturated rings. The Labute approximate surface area is 132 Å². The van der Waals surface area contributed by atoms with E-state index >= 15 is 0 Å². The molecule has 0 aliphatic heterocycles. The molecule has 1 aromatic heterocycles. The zero-order valence-electron chi connectivity index (χ0n) is 10.9. The average Bonchev–Trinajstić information content (AvgIpc) is 2.42. The van der Waals surface area contributed by atoms with Gasteiger partial charge in [-0.3, -0.25) is 0 Å². The van der Waals surface area contributed by atoms with E-state index in [9.17, 15) is 13.2 Å². The number of hydrogen-bond donors (Lipinski definition) is 0. The van der Waals surface area contributed by atoms with E-state index in [-0.39, 0.29) is 5.75 Å². The van der Waals surface area contributed by atoms with Crippen LogP contribution >= 0.6 is 27.7 Å². The number of hydrogen-bond acceptors (Lipinski definition) is 3. The third kappa shape index (κ3) is 4.93. The Bertz CT molecular complexity index is 617. The molecule has 2 aromatic rings. The van der Waals surface area contributed by atoms with Gasteiger partial charge in [-0.25, -0.2) is 4.98 Å². The first-order chi connectivity index (χ1) is 9.87. The van der Waals surface area contributed by atoms with E-state index in [4.69, 9.17) is 0 Å². The van der Waals surface area contributed by atoms with E-state index in [0.29, 0.717) is 9.92 Å². The van der Waals surface area contributed by atoms with Crippen molar-refractivity contribution in [3.8, 4) is 5.75 Å². The Morgan fingerprint density at radius 3 is 2.57 bits per heavy atom. The minimum Gasteiger partial charge on any atom is -0.405 e. The monoisotopic (exact) mass is 377 g/mol. The standard InChI is InChI=1S/C14H11BrF3NOS/c1-2-9-3-5-11(20-14(16,17)18)12(7-9)21-13-6-4-10(15)8-19-13/h3-8H,2H2,1H3. The molecule has 0 amide bonds. The summed E-state index contributed by atoms with van der Waals surface area (Å²) >= 11 is 4.40. The van der Waals surface area contributed by atoms with Gasteiger partial charge < -0.3 is 4.74 Å². The lowest BCUT2D eigenvalue weighted by Crippen LogP contribution is -2.17. The molecule has 0 bridgehead atoms. The highest BCUT2D eigenvalue weighted by Gasteiger charge is 2.32. The fourth-order valence-corrected chi connectivity index (χ4v) is 2.72. The van der Waals surface area contributed by atoms with Gasteiger partial charge in [-0.2, -0.15) is 0 Å². The maximum atomic E-state index is 12.4. The van der Waals surface area contributed by atoms with Gasteiger partial charge >= 0.3 is 6.36 Å². The first kappa shape index (κ1) is 16.2. The number of aromatic nitrogens is 1. The summed E-state index contributed by atoms with van der Waals surface area (Å²) in [5.41, 5.74) is 0.934. The van der Waals surface area contributed by atoms with Crippen LogP contribution in [0.5, 0.6) is 5.75 Å². The van der Waals surface area contributed by atoms with Crippen LogP contribution in [0.4, 0.5) is 13.2 Å². The third-order valence-electron chi connectivity index (χ3n) is 2.56. The minimum atomic E-state index is -4.71. The Morgan fingerprint density at radius 1 is 1.24 bits per heavy atom. The molecule has 0 aliphatic carbocycles. The summed E-state index contributed by atoms with van der Waals surface area (Å²) in [5, 5.41) is 0.596. The van der Waals surface area contributed by atoms with Crippen molar-refractivity contribution in [2.75, 3.05) is 0 Å². The zero-order valence-corrected chi connectivity index (χ0v) is 13.3. The predicted octanol–water partition coefficient (Wildman–Crippen LogP) is 5.46. The van der Waals surface area contributed by atoms with Gasteiger partial charge in [0.2, 0.25) is 0 Å². The summed E-state index contributed by atoms with van der Waals surface area (Å²) in [6.07, 6.45) is -2.39. The minimum absolute atomic E-state index is 0.214. The van der Waals surface area contributed by atoms with E-state index in [1.165, 1.54) is 6.07 Å².